The number of amides is 3. The number of hydrogen-bond acceptors (Lipinski definition) is 3. The third-order valence-electron chi connectivity index (χ3n) is 3.17. The molecule has 1 aromatic heterocycles. The van der Waals surface area contributed by atoms with Gasteiger partial charge in [-0.3, -0.25) is 10.1 Å². The quantitative estimate of drug-likeness (QED) is 0.852. The number of likely N-dealkylation sites (tertiary alicyclic amines) is 1. The molecular formula is C13H18N4O2. The molecule has 0 saturated carbocycles. The van der Waals surface area contributed by atoms with E-state index in [9.17, 15) is 9.59 Å². The van der Waals surface area contributed by atoms with Crippen LogP contribution in [0, 0.1) is 5.92 Å². The van der Waals surface area contributed by atoms with Gasteiger partial charge in [0.25, 0.3) is 0 Å². The topological polar surface area (TPSA) is 74.3 Å². The monoisotopic (exact) mass is 262 g/mol. The van der Waals surface area contributed by atoms with Crippen LogP contribution in [0.15, 0.2) is 24.4 Å². The first-order valence-electron chi connectivity index (χ1n) is 6.35. The molecule has 0 spiro atoms. The summed E-state index contributed by atoms with van der Waals surface area (Å²) in [5.74, 6) is 1.05. The van der Waals surface area contributed by atoms with Gasteiger partial charge in [0.2, 0.25) is 5.91 Å². The number of carbonyl (C=O) groups excluding carboxylic acids is 2. The highest BCUT2D eigenvalue weighted by Gasteiger charge is 2.26. The van der Waals surface area contributed by atoms with E-state index in [-0.39, 0.29) is 11.9 Å². The van der Waals surface area contributed by atoms with Crippen LogP contribution in [0.5, 0.6) is 0 Å². The molecule has 1 fully saturated rings. The minimum atomic E-state index is -0.267. The first-order chi connectivity index (χ1) is 9.15. The van der Waals surface area contributed by atoms with Gasteiger partial charge in [-0.25, -0.2) is 9.78 Å². The van der Waals surface area contributed by atoms with E-state index in [4.69, 9.17) is 0 Å². The Morgan fingerprint density at radius 2 is 2.37 bits per heavy atom. The molecule has 102 valence electrons. The number of nitrogens with zero attached hydrogens (tertiary/aromatic N) is 2. The number of nitrogens with one attached hydrogen (secondary N) is 2. The summed E-state index contributed by atoms with van der Waals surface area (Å²) in [6.45, 7) is 1.34. The molecule has 6 nitrogen and oxygen atoms in total. The van der Waals surface area contributed by atoms with Crippen molar-refractivity contribution in [3.63, 3.8) is 0 Å². The van der Waals surface area contributed by atoms with E-state index in [1.165, 1.54) is 0 Å². The maximum absolute atomic E-state index is 11.6. The Hall–Kier alpha value is -2.11. The highest BCUT2D eigenvalue weighted by atomic mass is 16.2. The van der Waals surface area contributed by atoms with Crippen molar-refractivity contribution in [1.82, 2.24) is 15.2 Å². The molecule has 19 heavy (non-hydrogen) atoms. The van der Waals surface area contributed by atoms with Crippen molar-refractivity contribution >= 4 is 17.8 Å². The van der Waals surface area contributed by atoms with E-state index >= 15 is 0 Å². The third-order valence-corrected chi connectivity index (χ3v) is 3.17. The maximum Gasteiger partial charge on any atom is 0.320 e. The lowest BCUT2D eigenvalue weighted by Gasteiger charge is -2.11. The lowest BCUT2D eigenvalue weighted by atomic mass is 10.1. The van der Waals surface area contributed by atoms with E-state index in [0.717, 1.165) is 13.0 Å². The van der Waals surface area contributed by atoms with Crippen molar-refractivity contribution < 1.29 is 9.59 Å². The third kappa shape index (κ3) is 3.94. The summed E-state index contributed by atoms with van der Waals surface area (Å²) in [6, 6.07) is 5.06. The molecular weight excluding hydrogens is 244 g/mol. The van der Waals surface area contributed by atoms with Gasteiger partial charge in [-0.1, -0.05) is 6.07 Å². The maximum atomic E-state index is 11.6. The molecule has 0 bridgehead atoms. The van der Waals surface area contributed by atoms with Crippen LogP contribution >= 0.6 is 0 Å². The average molecular weight is 262 g/mol. The second kappa shape index (κ2) is 6.17. The van der Waals surface area contributed by atoms with Crippen LogP contribution in [0.3, 0.4) is 0 Å². The predicted molar refractivity (Wildman–Crippen MR) is 71.6 cm³/mol. The largest absolute Gasteiger partial charge is 0.345 e. The molecule has 1 unspecified atom stereocenters. The normalized spacial score (nSPS) is 18.5. The van der Waals surface area contributed by atoms with Gasteiger partial charge in [0.1, 0.15) is 5.82 Å². The van der Waals surface area contributed by atoms with Gasteiger partial charge >= 0.3 is 6.03 Å². The number of pyridine rings is 1. The fourth-order valence-electron chi connectivity index (χ4n) is 2.14. The van der Waals surface area contributed by atoms with Crippen LogP contribution < -0.4 is 10.6 Å². The number of rotatable bonds is 4. The Kier molecular flexibility index (Phi) is 4.33. The van der Waals surface area contributed by atoms with E-state index in [1.54, 1.807) is 23.2 Å². The lowest BCUT2D eigenvalue weighted by molar-refractivity contribution is -0.126. The SMILES string of the molecule is CN1CC(CCNC(=O)Nc2ccccn2)CC1=O. The van der Waals surface area contributed by atoms with Crippen molar-refractivity contribution in [3.05, 3.63) is 24.4 Å². The molecule has 0 aliphatic carbocycles. The van der Waals surface area contributed by atoms with E-state index in [0.29, 0.717) is 24.7 Å². The molecule has 1 aliphatic rings. The molecule has 0 radical (unpaired) electrons. The molecule has 1 aromatic rings. The number of carbonyl (C=O) groups is 2. The van der Waals surface area contributed by atoms with Crippen LogP contribution in [0.25, 0.3) is 0 Å². The van der Waals surface area contributed by atoms with Gasteiger partial charge in [0, 0.05) is 32.8 Å². The molecule has 1 saturated heterocycles. The summed E-state index contributed by atoms with van der Waals surface area (Å²) in [5.41, 5.74) is 0. The van der Waals surface area contributed by atoms with Gasteiger partial charge in [-0.05, 0) is 24.5 Å². The molecule has 1 aliphatic heterocycles. The van der Waals surface area contributed by atoms with Crippen molar-refractivity contribution in [2.24, 2.45) is 5.92 Å². The van der Waals surface area contributed by atoms with Crippen LogP contribution in [-0.2, 0) is 4.79 Å². The summed E-state index contributed by atoms with van der Waals surface area (Å²) in [4.78, 5) is 28.7. The second-order valence-corrected chi connectivity index (χ2v) is 4.73. The van der Waals surface area contributed by atoms with Gasteiger partial charge in [0.05, 0.1) is 0 Å². The minimum Gasteiger partial charge on any atom is -0.345 e. The van der Waals surface area contributed by atoms with Crippen molar-refractivity contribution in [2.75, 3.05) is 25.5 Å². The van der Waals surface area contributed by atoms with Gasteiger partial charge in [0.15, 0.2) is 0 Å². The number of aromatic nitrogens is 1. The lowest BCUT2D eigenvalue weighted by Crippen LogP contribution is -2.31. The Morgan fingerprint density at radius 1 is 1.53 bits per heavy atom. The molecule has 2 heterocycles. The molecule has 2 N–H and O–H groups in total. The highest BCUT2D eigenvalue weighted by molar-refractivity contribution is 5.88. The van der Waals surface area contributed by atoms with Crippen LogP contribution in [0.2, 0.25) is 0 Å². The summed E-state index contributed by atoms with van der Waals surface area (Å²) < 4.78 is 0. The Labute approximate surface area is 112 Å². The van der Waals surface area contributed by atoms with Crippen molar-refractivity contribution in [2.45, 2.75) is 12.8 Å². The summed E-state index contributed by atoms with van der Waals surface area (Å²) >= 11 is 0. The van der Waals surface area contributed by atoms with Crippen molar-refractivity contribution in [3.8, 4) is 0 Å². The van der Waals surface area contributed by atoms with Gasteiger partial charge in [-0.15, -0.1) is 0 Å². The molecule has 1 atom stereocenters. The summed E-state index contributed by atoms with van der Waals surface area (Å²) in [5, 5.41) is 5.41. The van der Waals surface area contributed by atoms with Crippen LogP contribution in [0.1, 0.15) is 12.8 Å². The van der Waals surface area contributed by atoms with Gasteiger partial charge in [-0.2, -0.15) is 0 Å². The number of hydrogen-bond donors (Lipinski definition) is 2. The summed E-state index contributed by atoms with van der Waals surface area (Å²) in [6.07, 6.45) is 3.02. The summed E-state index contributed by atoms with van der Waals surface area (Å²) in [7, 11) is 1.81. The van der Waals surface area contributed by atoms with E-state index < -0.39 is 0 Å². The van der Waals surface area contributed by atoms with Crippen LogP contribution in [-0.4, -0.2) is 42.0 Å². The second-order valence-electron chi connectivity index (χ2n) is 4.73. The van der Waals surface area contributed by atoms with Crippen molar-refractivity contribution in [1.29, 1.82) is 0 Å². The first kappa shape index (κ1) is 13.3. The van der Waals surface area contributed by atoms with E-state index in [2.05, 4.69) is 15.6 Å². The average Bonchev–Trinajstić information content (AvgIpc) is 2.70. The molecule has 6 heteroatoms. The Morgan fingerprint density at radius 3 is 3.00 bits per heavy atom. The Bertz CT molecular complexity index is 449. The smallest absolute Gasteiger partial charge is 0.320 e. The highest BCUT2D eigenvalue weighted by Crippen LogP contribution is 2.18. The number of urea groups is 1. The standard InChI is InChI=1S/C13H18N4O2/c1-17-9-10(8-12(17)18)5-7-15-13(19)16-11-4-2-3-6-14-11/h2-4,6,10H,5,7-9H2,1H3,(H2,14,15,16,19). The zero-order valence-electron chi connectivity index (χ0n) is 10.9. The molecule has 3 amide bonds. The zero-order valence-corrected chi connectivity index (χ0v) is 10.9. The first-order valence-corrected chi connectivity index (χ1v) is 6.35. The zero-order chi connectivity index (χ0) is 13.7. The minimum absolute atomic E-state index is 0.183. The van der Waals surface area contributed by atoms with Gasteiger partial charge < -0.3 is 10.2 Å². The number of anilines is 1. The molecule has 0 aromatic carbocycles. The predicted octanol–water partition coefficient (Wildman–Crippen LogP) is 1.07. The Balaban J connectivity index is 1.66. The fourth-order valence-corrected chi connectivity index (χ4v) is 2.14. The fraction of sp³-hybridized carbons (Fsp3) is 0.462. The van der Waals surface area contributed by atoms with E-state index in [1.807, 2.05) is 13.1 Å². The van der Waals surface area contributed by atoms with Crippen LogP contribution in [0.4, 0.5) is 10.6 Å². The molecule has 2 rings (SSSR count).